The van der Waals surface area contributed by atoms with Crippen molar-refractivity contribution in [2.24, 2.45) is 27.0 Å². The summed E-state index contributed by atoms with van der Waals surface area (Å²) in [5.74, 6) is 0.190. The van der Waals surface area contributed by atoms with Crippen LogP contribution in [0.1, 0.15) is 41.5 Å². The average Bonchev–Trinajstić information content (AvgIpc) is 2.92. The first-order chi connectivity index (χ1) is 9.06. The number of rotatable bonds is 0. The quantitative estimate of drug-likeness (QED) is 0.504. The van der Waals surface area contributed by atoms with Gasteiger partial charge in [0.1, 0.15) is 0 Å². The predicted octanol–water partition coefficient (Wildman–Crippen LogP) is 3.18. The highest BCUT2D eigenvalue weighted by Crippen LogP contribution is 2.58. The molecule has 4 heteroatoms. The number of azo groups is 1. The van der Waals surface area contributed by atoms with Gasteiger partial charge >= 0.3 is 0 Å². The van der Waals surface area contributed by atoms with Gasteiger partial charge in [0, 0.05) is 5.92 Å². The van der Waals surface area contributed by atoms with Crippen LogP contribution in [0.5, 0.6) is 0 Å². The summed E-state index contributed by atoms with van der Waals surface area (Å²) in [6.07, 6.45) is 2.24. The van der Waals surface area contributed by atoms with Crippen LogP contribution in [0, 0.1) is 16.7 Å². The number of carbonyl (C=O) groups is 1. The van der Waals surface area contributed by atoms with Gasteiger partial charge in [-0.15, -0.1) is 0 Å². The number of fused-ring (bicyclic) bond motifs is 1. The van der Waals surface area contributed by atoms with Crippen LogP contribution in [-0.4, -0.2) is 30.1 Å². The first-order valence-corrected chi connectivity index (χ1v) is 7.36. The molecule has 0 bridgehead atoms. The zero-order chi connectivity index (χ0) is 15.0. The molecule has 0 aromatic heterocycles. The molecule has 1 fully saturated rings. The molecule has 1 spiro atoms. The molecule has 2 heterocycles. The van der Waals surface area contributed by atoms with Crippen molar-refractivity contribution < 1.29 is 9.53 Å². The second-order valence-electron chi connectivity index (χ2n) is 8.32. The van der Waals surface area contributed by atoms with Crippen LogP contribution in [-0.2, 0) is 9.53 Å². The first kappa shape index (κ1) is 13.9. The summed E-state index contributed by atoms with van der Waals surface area (Å²) < 4.78 is 5.70. The lowest BCUT2D eigenvalue weighted by molar-refractivity contribution is -0.134. The summed E-state index contributed by atoms with van der Waals surface area (Å²) in [6.45, 7) is 13.8. The maximum Gasteiger partial charge on any atom is 0.201 e. The Hall–Kier alpha value is -1.03. The Morgan fingerprint density at radius 1 is 1.25 bits per heavy atom. The summed E-state index contributed by atoms with van der Waals surface area (Å²) >= 11 is 0. The van der Waals surface area contributed by atoms with Crippen molar-refractivity contribution in [3.63, 3.8) is 0 Å². The zero-order valence-electron chi connectivity index (χ0n) is 13.3. The molecule has 0 N–H and O–H groups in total. The third-order valence-electron chi connectivity index (χ3n) is 4.94. The summed E-state index contributed by atoms with van der Waals surface area (Å²) in [5.41, 5.74) is -0.692. The van der Waals surface area contributed by atoms with Gasteiger partial charge in [0.15, 0.2) is 11.1 Å². The standard InChI is InChI=1S/C16H24N2O2/c1-13(2,3)11-7-10-8-17-18-16(10,14(4,5)6)12(19)15(11)9-20-15/h7,10H,8-9H2,1-6H3/t10-,15+,16+/m1/s1. The molecular formula is C16H24N2O2. The van der Waals surface area contributed by atoms with E-state index >= 15 is 0 Å². The largest absolute Gasteiger partial charge is 0.356 e. The molecule has 1 saturated heterocycles. The highest BCUT2D eigenvalue weighted by molar-refractivity contribution is 6.03. The van der Waals surface area contributed by atoms with E-state index in [1.165, 1.54) is 0 Å². The van der Waals surface area contributed by atoms with E-state index in [1.807, 2.05) is 0 Å². The SMILES string of the molecule is CC(C)(C)C1=C[C@@H]2CN=N[C@]2(C(C)(C)C)C(=O)[C@]12CO2. The Balaban J connectivity index is 2.20. The fourth-order valence-corrected chi connectivity index (χ4v) is 3.86. The van der Waals surface area contributed by atoms with Crippen LogP contribution in [0.4, 0.5) is 0 Å². The van der Waals surface area contributed by atoms with E-state index in [0.29, 0.717) is 13.2 Å². The van der Waals surface area contributed by atoms with Gasteiger partial charge < -0.3 is 4.74 Å². The van der Waals surface area contributed by atoms with E-state index in [-0.39, 0.29) is 22.5 Å². The molecule has 2 aliphatic heterocycles. The molecule has 3 atom stereocenters. The number of ether oxygens (including phenoxy) is 1. The fourth-order valence-electron chi connectivity index (χ4n) is 3.86. The second kappa shape index (κ2) is 3.59. The van der Waals surface area contributed by atoms with Crippen LogP contribution < -0.4 is 0 Å². The topological polar surface area (TPSA) is 54.3 Å². The van der Waals surface area contributed by atoms with Crippen LogP contribution >= 0.6 is 0 Å². The van der Waals surface area contributed by atoms with Gasteiger partial charge in [-0.2, -0.15) is 10.2 Å². The van der Waals surface area contributed by atoms with Crippen LogP contribution in [0.3, 0.4) is 0 Å². The maximum atomic E-state index is 13.3. The first-order valence-electron chi connectivity index (χ1n) is 7.36. The number of nitrogens with zero attached hydrogens (tertiary/aromatic N) is 2. The van der Waals surface area contributed by atoms with E-state index in [9.17, 15) is 4.79 Å². The third-order valence-corrected chi connectivity index (χ3v) is 4.94. The van der Waals surface area contributed by atoms with Gasteiger partial charge in [0.25, 0.3) is 0 Å². The van der Waals surface area contributed by atoms with E-state index in [1.54, 1.807) is 0 Å². The summed E-state index contributed by atoms with van der Waals surface area (Å²) in [6, 6.07) is 0. The Morgan fingerprint density at radius 2 is 1.85 bits per heavy atom. The summed E-state index contributed by atoms with van der Waals surface area (Å²) in [4.78, 5) is 13.3. The smallest absolute Gasteiger partial charge is 0.201 e. The lowest BCUT2D eigenvalue weighted by Gasteiger charge is -2.46. The zero-order valence-corrected chi connectivity index (χ0v) is 13.3. The van der Waals surface area contributed by atoms with Crippen molar-refractivity contribution in [3.8, 4) is 0 Å². The highest BCUT2D eigenvalue weighted by Gasteiger charge is 2.71. The molecule has 0 saturated carbocycles. The Morgan fingerprint density at radius 3 is 2.30 bits per heavy atom. The molecule has 3 aliphatic rings. The molecule has 1 aliphatic carbocycles. The number of Topliss-reactive ketones (excluding diaryl/α,β-unsaturated/α-hetero) is 1. The lowest BCUT2D eigenvalue weighted by atomic mass is 9.56. The van der Waals surface area contributed by atoms with Crippen molar-refractivity contribution in [3.05, 3.63) is 11.6 Å². The van der Waals surface area contributed by atoms with Gasteiger partial charge in [-0.05, 0) is 16.4 Å². The van der Waals surface area contributed by atoms with E-state index in [4.69, 9.17) is 4.74 Å². The number of ketones is 1. The number of hydrogen-bond acceptors (Lipinski definition) is 4. The average molecular weight is 276 g/mol. The van der Waals surface area contributed by atoms with Gasteiger partial charge in [-0.1, -0.05) is 47.6 Å². The number of carbonyl (C=O) groups excluding carboxylic acids is 1. The van der Waals surface area contributed by atoms with E-state index in [0.717, 1.165) is 5.57 Å². The van der Waals surface area contributed by atoms with Crippen molar-refractivity contribution in [2.45, 2.75) is 52.7 Å². The van der Waals surface area contributed by atoms with Crippen molar-refractivity contribution in [1.29, 1.82) is 0 Å². The molecule has 0 radical (unpaired) electrons. The van der Waals surface area contributed by atoms with Crippen LogP contribution in [0.25, 0.3) is 0 Å². The molecule has 0 aromatic rings. The number of hydrogen-bond donors (Lipinski definition) is 0. The van der Waals surface area contributed by atoms with Gasteiger partial charge in [-0.3, -0.25) is 4.79 Å². The van der Waals surface area contributed by atoms with Crippen LogP contribution in [0.15, 0.2) is 21.9 Å². The molecular weight excluding hydrogens is 252 g/mol. The highest BCUT2D eigenvalue weighted by atomic mass is 16.6. The molecule has 20 heavy (non-hydrogen) atoms. The minimum absolute atomic E-state index is 0.0686. The van der Waals surface area contributed by atoms with Gasteiger partial charge in [0.05, 0.1) is 13.2 Å². The molecule has 0 aromatic carbocycles. The minimum atomic E-state index is -0.752. The fraction of sp³-hybridized carbons (Fsp3) is 0.812. The van der Waals surface area contributed by atoms with Crippen LogP contribution in [0.2, 0.25) is 0 Å². The summed E-state index contributed by atoms with van der Waals surface area (Å²) in [5, 5.41) is 8.68. The van der Waals surface area contributed by atoms with E-state index in [2.05, 4.69) is 57.8 Å². The number of epoxide rings is 1. The van der Waals surface area contributed by atoms with Crippen molar-refractivity contribution >= 4 is 5.78 Å². The predicted molar refractivity (Wildman–Crippen MR) is 76.6 cm³/mol. The Labute approximate surface area is 120 Å². The van der Waals surface area contributed by atoms with Crippen molar-refractivity contribution in [1.82, 2.24) is 0 Å². The Kier molecular flexibility index (Phi) is 2.50. The lowest BCUT2D eigenvalue weighted by Crippen LogP contribution is -2.61. The second-order valence-corrected chi connectivity index (χ2v) is 8.32. The van der Waals surface area contributed by atoms with Crippen molar-refractivity contribution in [2.75, 3.05) is 13.2 Å². The Bertz CT molecular complexity index is 530. The van der Waals surface area contributed by atoms with Gasteiger partial charge in [0.2, 0.25) is 5.78 Å². The molecule has 4 nitrogen and oxygen atoms in total. The van der Waals surface area contributed by atoms with E-state index < -0.39 is 11.1 Å². The maximum absolute atomic E-state index is 13.3. The van der Waals surface area contributed by atoms with Gasteiger partial charge in [-0.25, -0.2) is 0 Å². The molecule has 0 unspecified atom stereocenters. The molecule has 3 rings (SSSR count). The monoisotopic (exact) mass is 276 g/mol. The summed E-state index contributed by atoms with van der Waals surface area (Å²) in [7, 11) is 0. The normalized spacial score (nSPS) is 40.0. The third kappa shape index (κ3) is 1.49. The molecule has 110 valence electrons. The minimum Gasteiger partial charge on any atom is -0.356 e. The molecule has 0 amide bonds.